The molecule has 5 nitrogen and oxygen atoms in total. The summed E-state index contributed by atoms with van der Waals surface area (Å²) in [5.41, 5.74) is 2.33. The van der Waals surface area contributed by atoms with E-state index in [0.29, 0.717) is 33.0 Å². The van der Waals surface area contributed by atoms with Crippen LogP contribution < -0.4 is 0 Å². The third kappa shape index (κ3) is 10.9. The summed E-state index contributed by atoms with van der Waals surface area (Å²) in [5, 5.41) is 0. The first-order valence-corrected chi connectivity index (χ1v) is 4.98. The predicted octanol–water partition coefficient (Wildman–Crippen LogP) is 0.550. The zero-order chi connectivity index (χ0) is 12.1. The average Bonchev–Trinajstić information content (AvgIpc) is 2.27. The van der Waals surface area contributed by atoms with Gasteiger partial charge in [-0.1, -0.05) is 6.58 Å². The van der Waals surface area contributed by atoms with Gasteiger partial charge in [0.2, 0.25) is 0 Å². The minimum atomic E-state index is -0.463. The topological polar surface area (TPSA) is 54.0 Å². The van der Waals surface area contributed by atoms with Crippen molar-refractivity contribution in [3.8, 4) is 0 Å². The van der Waals surface area contributed by atoms with Gasteiger partial charge >= 0.3 is 5.97 Å². The van der Waals surface area contributed by atoms with Crippen molar-refractivity contribution >= 4 is 5.97 Å². The van der Waals surface area contributed by atoms with Crippen LogP contribution in [0.3, 0.4) is 0 Å². The van der Waals surface area contributed by atoms with Gasteiger partial charge in [-0.05, 0) is 0 Å². The normalized spacial score (nSPS) is 9.56. The number of hydrogen-bond acceptors (Lipinski definition) is 5. The summed E-state index contributed by atoms with van der Waals surface area (Å²) < 4.78 is 19.9. The fraction of sp³-hybridized carbons (Fsp3) is 0.636. The van der Waals surface area contributed by atoms with Gasteiger partial charge in [-0.2, -0.15) is 0 Å². The van der Waals surface area contributed by atoms with Crippen molar-refractivity contribution in [3.63, 3.8) is 0 Å². The highest BCUT2D eigenvalue weighted by atomic mass is 16.6. The molecule has 0 bridgehead atoms. The second-order valence-corrected chi connectivity index (χ2v) is 2.73. The van der Waals surface area contributed by atoms with Gasteiger partial charge in [-0.3, -0.25) is 0 Å². The third-order valence-electron chi connectivity index (χ3n) is 1.50. The van der Waals surface area contributed by atoms with E-state index < -0.39 is 5.97 Å². The Balaban J connectivity index is 3.09. The second-order valence-electron chi connectivity index (χ2n) is 2.73. The van der Waals surface area contributed by atoms with Crippen LogP contribution in [0.1, 0.15) is 0 Å². The van der Waals surface area contributed by atoms with E-state index in [0.717, 1.165) is 6.08 Å². The summed E-state index contributed by atoms with van der Waals surface area (Å²) in [6, 6.07) is 0. The highest BCUT2D eigenvalue weighted by Gasteiger charge is 1.95. The molecule has 0 saturated heterocycles. The summed E-state index contributed by atoms with van der Waals surface area (Å²) in [4.78, 5) is 10.8. The van der Waals surface area contributed by atoms with Crippen LogP contribution in [0.5, 0.6) is 0 Å². The van der Waals surface area contributed by atoms with Crippen LogP contribution in [0.4, 0.5) is 0 Å². The molecule has 0 rings (SSSR count). The van der Waals surface area contributed by atoms with Gasteiger partial charge in [-0.15, -0.1) is 5.73 Å². The lowest BCUT2D eigenvalue weighted by Gasteiger charge is -2.05. The van der Waals surface area contributed by atoms with E-state index in [9.17, 15) is 4.79 Å². The van der Waals surface area contributed by atoms with Gasteiger partial charge in [0.25, 0.3) is 0 Å². The van der Waals surface area contributed by atoms with Crippen LogP contribution in [-0.2, 0) is 23.7 Å². The van der Waals surface area contributed by atoms with E-state index in [1.165, 1.54) is 0 Å². The minimum absolute atomic E-state index is 0.217. The first kappa shape index (κ1) is 14.9. The lowest BCUT2D eigenvalue weighted by Crippen LogP contribution is -2.12. The van der Waals surface area contributed by atoms with Crippen LogP contribution in [0.25, 0.3) is 0 Å². The second kappa shape index (κ2) is 11.9. The molecule has 0 fully saturated rings. The van der Waals surface area contributed by atoms with E-state index in [4.69, 9.17) is 18.9 Å². The van der Waals surface area contributed by atoms with Crippen molar-refractivity contribution in [1.82, 2.24) is 0 Å². The maximum Gasteiger partial charge on any atom is 0.338 e. The Bertz CT molecular complexity index is 220. The first-order chi connectivity index (χ1) is 7.81. The molecule has 0 aliphatic rings. The molecule has 0 radical (unpaired) electrons. The summed E-state index contributed by atoms with van der Waals surface area (Å²) in [6.45, 7) is 5.93. The summed E-state index contributed by atoms with van der Waals surface area (Å²) in [6.07, 6.45) is 1.13. The Labute approximate surface area is 95.6 Å². The molecule has 0 aromatic heterocycles. The quantitative estimate of drug-likeness (QED) is 0.237. The highest BCUT2D eigenvalue weighted by Crippen LogP contribution is 1.83. The number of carbonyl (C=O) groups is 1. The molecule has 0 aliphatic heterocycles. The van der Waals surface area contributed by atoms with Crippen molar-refractivity contribution in [3.05, 3.63) is 18.4 Å². The number of hydrogen-bond donors (Lipinski definition) is 0. The van der Waals surface area contributed by atoms with E-state index in [2.05, 4.69) is 12.3 Å². The maximum absolute atomic E-state index is 10.8. The number of rotatable bonds is 10. The molecule has 5 heteroatoms. The summed E-state index contributed by atoms with van der Waals surface area (Å²) >= 11 is 0. The van der Waals surface area contributed by atoms with E-state index in [-0.39, 0.29) is 6.61 Å². The predicted molar refractivity (Wildman–Crippen MR) is 58.2 cm³/mol. The largest absolute Gasteiger partial charge is 0.460 e. The molecule has 0 aromatic carbocycles. The van der Waals surface area contributed by atoms with Crippen LogP contribution in [-0.4, -0.2) is 52.7 Å². The molecule has 16 heavy (non-hydrogen) atoms. The lowest BCUT2D eigenvalue weighted by atomic mass is 10.6. The van der Waals surface area contributed by atoms with Crippen molar-refractivity contribution in [2.45, 2.75) is 0 Å². The molecule has 0 amide bonds. The monoisotopic (exact) mass is 230 g/mol. The molecule has 0 aromatic rings. The van der Waals surface area contributed by atoms with Crippen molar-refractivity contribution in [1.29, 1.82) is 0 Å². The van der Waals surface area contributed by atoms with Gasteiger partial charge in [0.1, 0.15) is 6.61 Å². The van der Waals surface area contributed by atoms with E-state index in [1.807, 2.05) is 0 Å². The Morgan fingerprint density at radius 1 is 1.12 bits per heavy atom. The summed E-state index contributed by atoms with van der Waals surface area (Å²) in [7, 11) is 1.62. The molecule has 92 valence electrons. The number of esters is 1. The minimum Gasteiger partial charge on any atom is -0.460 e. The Kier molecular flexibility index (Phi) is 11.1. The Hall–Kier alpha value is -1.13. The smallest absolute Gasteiger partial charge is 0.338 e. The van der Waals surface area contributed by atoms with Gasteiger partial charge < -0.3 is 18.9 Å². The van der Waals surface area contributed by atoms with Crippen LogP contribution in [0, 0.1) is 0 Å². The van der Waals surface area contributed by atoms with Gasteiger partial charge in [0.05, 0.1) is 39.1 Å². The molecule has 0 saturated carbocycles. The van der Waals surface area contributed by atoms with Gasteiger partial charge in [0.15, 0.2) is 0 Å². The fourth-order valence-electron chi connectivity index (χ4n) is 0.790. The molecule has 0 atom stereocenters. The highest BCUT2D eigenvalue weighted by molar-refractivity contribution is 5.81. The SMILES string of the molecule is C=C=CC(=O)OCCOCCOCCOC. The molecule has 0 unspecified atom stereocenters. The number of carbonyl (C=O) groups excluding carboxylic acids is 1. The molecular weight excluding hydrogens is 212 g/mol. The fourth-order valence-corrected chi connectivity index (χ4v) is 0.790. The lowest BCUT2D eigenvalue weighted by molar-refractivity contribution is -0.139. The number of methoxy groups -OCH3 is 1. The molecule has 0 spiro atoms. The Morgan fingerprint density at radius 2 is 1.69 bits per heavy atom. The van der Waals surface area contributed by atoms with E-state index in [1.54, 1.807) is 7.11 Å². The molecule has 0 N–H and O–H groups in total. The van der Waals surface area contributed by atoms with Crippen molar-refractivity contribution < 1.29 is 23.7 Å². The third-order valence-corrected chi connectivity index (χ3v) is 1.50. The number of ether oxygens (including phenoxy) is 4. The van der Waals surface area contributed by atoms with Crippen LogP contribution >= 0.6 is 0 Å². The summed E-state index contributed by atoms with van der Waals surface area (Å²) in [5.74, 6) is -0.463. The van der Waals surface area contributed by atoms with Crippen molar-refractivity contribution in [2.75, 3.05) is 46.8 Å². The maximum atomic E-state index is 10.8. The standard InChI is InChI=1S/C11H18O5/c1-3-4-11(12)16-10-9-15-8-7-14-6-5-13-2/h4H,1,5-10H2,2H3. The van der Waals surface area contributed by atoms with Crippen LogP contribution in [0.15, 0.2) is 18.4 Å². The van der Waals surface area contributed by atoms with E-state index >= 15 is 0 Å². The van der Waals surface area contributed by atoms with Gasteiger partial charge in [0, 0.05) is 7.11 Å². The molecule has 0 aliphatic carbocycles. The van der Waals surface area contributed by atoms with Gasteiger partial charge in [-0.25, -0.2) is 4.79 Å². The molecular formula is C11H18O5. The zero-order valence-corrected chi connectivity index (χ0v) is 9.57. The average molecular weight is 230 g/mol. The molecule has 0 heterocycles. The first-order valence-electron chi connectivity index (χ1n) is 4.98. The Morgan fingerprint density at radius 3 is 2.25 bits per heavy atom. The zero-order valence-electron chi connectivity index (χ0n) is 9.57. The van der Waals surface area contributed by atoms with Crippen molar-refractivity contribution in [2.24, 2.45) is 0 Å². The van der Waals surface area contributed by atoms with Crippen LogP contribution in [0.2, 0.25) is 0 Å².